The Morgan fingerprint density at radius 2 is 1.90 bits per heavy atom. The number of para-hydroxylation sites is 1. The third-order valence-corrected chi connectivity index (χ3v) is 6.32. The number of fused-ring (bicyclic) bond motifs is 2. The van der Waals surface area contributed by atoms with Crippen molar-refractivity contribution in [3.8, 4) is 17.2 Å². The fourth-order valence-corrected chi connectivity index (χ4v) is 3.64. The fraction of sp³-hybridized carbons (Fsp3) is 0.300. The van der Waals surface area contributed by atoms with Crippen molar-refractivity contribution in [2.24, 2.45) is 0 Å². The van der Waals surface area contributed by atoms with E-state index in [0.29, 0.717) is 22.9 Å². The Bertz CT molecular complexity index is 1050. The van der Waals surface area contributed by atoms with Crippen LogP contribution in [0.15, 0.2) is 42.5 Å². The number of hydrazine groups is 1. The lowest BCUT2D eigenvalue weighted by atomic mass is 10.2. The molecule has 0 fully saturated rings. The number of rotatable bonds is 5. The van der Waals surface area contributed by atoms with Crippen LogP contribution in [0.2, 0.25) is 0 Å². The van der Waals surface area contributed by atoms with Gasteiger partial charge in [0, 0.05) is 23.8 Å². The molecule has 9 nitrogen and oxygen atoms in total. The summed E-state index contributed by atoms with van der Waals surface area (Å²) in [5.74, 6) is 0.686. The molecule has 10 heteroatoms. The lowest BCUT2D eigenvalue weighted by Crippen LogP contribution is -2.49. The van der Waals surface area contributed by atoms with Crippen molar-refractivity contribution < 1.29 is 27.5 Å². The Balaban J connectivity index is 1.78. The van der Waals surface area contributed by atoms with Crippen LogP contribution in [-0.2, 0) is 21.2 Å². The lowest BCUT2D eigenvalue weighted by Gasteiger charge is -2.23. The SMILES string of the molecule is CCS(=O)(=O)CCC(=O)NNC(=O)N1Cc2ccccc2Oc2ccc(OC)cc21. The van der Waals surface area contributed by atoms with Gasteiger partial charge >= 0.3 is 6.03 Å². The molecule has 0 saturated heterocycles. The quantitative estimate of drug-likeness (QED) is 0.700. The molecule has 2 aromatic carbocycles. The van der Waals surface area contributed by atoms with Gasteiger partial charge in [0.2, 0.25) is 5.91 Å². The van der Waals surface area contributed by atoms with Gasteiger partial charge in [-0.2, -0.15) is 0 Å². The standard InChI is InChI=1S/C20H23N3O6S/c1-3-30(26,27)11-10-19(24)21-22-20(25)23-13-14-6-4-5-7-17(14)29-18-9-8-15(28-2)12-16(18)23/h4-9,12H,3,10-11,13H2,1-2H3,(H,21,24)(H,22,25). The van der Waals surface area contributed by atoms with Gasteiger partial charge in [-0.05, 0) is 18.2 Å². The number of ether oxygens (including phenoxy) is 2. The summed E-state index contributed by atoms with van der Waals surface area (Å²) in [6.07, 6.45) is -0.243. The average molecular weight is 433 g/mol. The minimum absolute atomic E-state index is 0.0432. The molecule has 2 N–H and O–H groups in total. The molecule has 3 amide bonds. The maximum absolute atomic E-state index is 12.9. The second kappa shape index (κ2) is 9.04. The van der Waals surface area contributed by atoms with Crippen molar-refractivity contribution in [1.82, 2.24) is 10.9 Å². The first-order valence-corrected chi connectivity index (χ1v) is 11.2. The van der Waals surface area contributed by atoms with E-state index in [1.807, 2.05) is 18.2 Å². The number of sulfone groups is 1. The molecular formula is C20H23N3O6S. The van der Waals surface area contributed by atoms with Crippen LogP contribution in [0, 0.1) is 0 Å². The minimum Gasteiger partial charge on any atom is -0.497 e. The molecule has 0 aliphatic carbocycles. The molecule has 0 spiro atoms. The number of urea groups is 1. The first-order valence-electron chi connectivity index (χ1n) is 9.33. The van der Waals surface area contributed by atoms with Gasteiger partial charge in [0.05, 0.1) is 25.1 Å². The average Bonchev–Trinajstić information content (AvgIpc) is 2.92. The summed E-state index contributed by atoms with van der Waals surface area (Å²) >= 11 is 0. The third-order valence-electron chi connectivity index (χ3n) is 4.61. The second-order valence-electron chi connectivity index (χ2n) is 6.59. The molecule has 3 rings (SSSR count). The van der Waals surface area contributed by atoms with Gasteiger partial charge in [-0.3, -0.25) is 15.1 Å². The number of nitrogens with zero attached hydrogens (tertiary/aromatic N) is 1. The van der Waals surface area contributed by atoms with E-state index in [2.05, 4.69) is 10.9 Å². The fourth-order valence-electron chi connectivity index (χ4n) is 2.86. The zero-order chi connectivity index (χ0) is 21.7. The van der Waals surface area contributed by atoms with Gasteiger partial charge < -0.3 is 9.47 Å². The number of carbonyl (C=O) groups excluding carboxylic acids is 2. The van der Waals surface area contributed by atoms with Gasteiger partial charge in [-0.1, -0.05) is 25.1 Å². The van der Waals surface area contributed by atoms with Crippen LogP contribution in [0.25, 0.3) is 0 Å². The van der Waals surface area contributed by atoms with E-state index in [-0.39, 0.29) is 24.5 Å². The van der Waals surface area contributed by atoms with Crippen LogP contribution in [0.1, 0.15) is 18.9 Å². The van der Waals surface area contributed by atoms with E-state index < -0.39 is 21.8 Å². The highest BCUT2D eigenvalue weighted by molar-refractivity contribution is 7.91. The van der Waals surface area contributed by atoms with Gasteiger partial charge in [0.25, 0.3) is 0 Å². The molecule has 1 aliphatic heterocycles. The summed E-state index contributed by atoms with van der Waals surface area (Å²) in [6.45, 7) is 1.71. The molecule has 0 radical (unpaired) electrons. The zero-order valence-corrected chi connectivity index (χ0v) is 17.5. The Kier molecular flexibility index (Phi) is 6.46. The van der Waals surface area contributed by atoms with Crippen LogP contribution < -0.4 is 25.2 Å². The van der Waals surface area contributed by atoms with Crippen LogP contribution in [-0.4, -0.2) is 39.0 Å². The number of nitrogens with one attached hydrogen (secondary N) is 2. The Labute approximate surface area is 174 Å². The van der Waals surface area contributed by atoms with Gasteiger partial charge in [0.1, 0.15) is 11.5 Å². The summed E-state index contributed by atoms with van der Waals surface area (Å²) < 4.78 is 34.3. The van der Waals surface area contributed by atoms with E-state index in [1.165, 1.54) is 18.9 Å². The van der Waals surface area contributed by atoms with E-state index in [1.54, 1.807) is 24.3 Å². The third kappa shape index (κ3) is 5.01. The smallest absolute Gasteiger partial charge is 0.341 e. The molecule has 1 heterocycles. The van der Waals surface area contributed by atoms with Crippen LogP contribution in [0.4, 0.5) is 10.5 Å². The summed E-state index contributed by atoms with van der Waals surface area (Å²) in [7, 11) is -1.76. The molecular weight excluding hydrogens is 410 g/mol. The summed E-state index contributed by atoms with van der Waals surface area (Å²) in [6, 6.07) is 11.8. The van der Waals surface area contributed by atoms with Crippen molar-refractivity contribution in [2.75, 3.05) is 23.5 Å². The normalized spacial score (nSPS) is 12.7. The highest BCUT2D eigenvalue weighted by Crippen LogP contribution is 2.40. The van der Waals surface area contributed by atoms with Crippen LogP contribution >= 0.6 is 0 Å². The summed E-state index contributed by atoms with van der Waals surface area (Å²) in [5.41, 5.74) is 5.85. The maximum Gasteiger partial charge on any atom is 0.341 e. The zero-order valence-electron chi connectivity index (χ0n) is 16.7. The van der Waals surface area contributed by atoms with Crippen molar-refractivity contribution in [2.45, 2.75) is 19.9 Å². The van der Waals surface area contributed by atoms with Crippen LogP contribution in [0.5, 0.6) is 17.2 Å². The number of hydrogen-bond donors (Lipinski definition) is 2. The molecule has 1 aliphatic rings. The maximum atomic E-state index is 12.9. The number of anilines is 1. The number of benzene rings is 2. The molecule has 30 heavy (non-hydrogen) atoms. The minimum atomic E-state index is -3.27. The van der Waals surface area contributed by atoms with Gasteiger partial charge in [0.15, 0.2) is 15.6 Å². The van der Waals surface area contributed by atoms with Crippen molar-refractivity contribution >= 4 is 27.5 Å². The largest absolute Gasteiger partial charge is 0.497 e. The topological polar surface area (TPSA) is 114 Å². The molecule has 160 valence electrons. The summed E-state index contributed by atoms with van der Waals surface area (Å²) in [4.78, 5) is 26.2. The van der Waals surface area contributed by atoms with Crippen molar-refractivity contribution in [3.63, 3.8) is 0 Å². The van der Waals surface area contributed by atoms with Gasteiger partial charge in [-0.25, -0.2) is 18.6 Å². The number of hydrogen-bond acceptors (Lipinski definition) is 6. The highest BCUT2D eigenvalue weighted by Gasteiger charge is 2.26. The number of amides is 3. The second-order valence-corrected chi connectivity index (χ2v) is 9.07. The van der Waals surface area contributed by atoms with E-state index in [0.717, 1.165) is 5.56 Å². The van der Waals surface area contributed by atoms with Crippen molar-refractivity contribution in [1.29, 1.82) is 0 Å². The Morgan fingerprint density at radius 3 is 2.63 bits per heavy atom. The first-order chi connectivity index (χ1) is 14.3. The van der Waals surface area contributed by atoms with E-state index in [4.69, 9.17) is 9.47 Å². The lowest BCUT2D eigenvalue weighted by molar-refractivity contribution is -0.121. The van der Waals surface area contributed by atoms with E-state index >= 15 is 0 Å². The predicted octanol–water partition coefficient (Wildman–Crippen LogP) is 2.37. The molecule has 0 saturated carbocycles. The van der Waals surface area contributed by atoms with Gasteiger partial charge in [-0.15, -0.1) is 0 Å². The highest BCUT2D eigenvalue weighted by atomic mass is 32.2. The van der Waals surface area contributed by atoms with Crippen LogP contribution in [0.3, 0.4) is 0 Å². The Morgan fingerprint density at radius 1 is 1.13 bits per heavy atom. The monoisotopic (exact) mass is 433 g/mol. The Hall–Kier alpha value is -3.27. The number of methoxy groups -OCH3 is 1. The summed E-state index contributed by atoms with van der Waals surface area (Å²) in [5, 5.41) is 0. The molecule has 0 atom stereocenters. The molecule has 0 unspecified atom stereocenters. The predicted molar refractivity (Wildman–Crippen MR) is 111 cm³/mol. The molecule has 2 aromatic rings. The molecule has 0 aromatic heterocycles. The number of carbonyl (C=O) groups is 2. The molecule has 0 bridgehead atoms. The van der Waals surface area contributed by atoms with E-state index in [9.17, 15) is 18.0 Å². The van der Waals surface area contributed by atoms with Crippen molar-refractivity contribution in [3.05, 3.63) is 48.0 Å². The first kappa shape index (κ1) is 21.4.